The van der Waals surface area contributed by atoms with E-state index in [-0.39, 0.29) is 5.56 Å². The Labute approximate surface area is 136 Å². The van der Waals surface area contributed by atoms with Gasteiger partial charge in [-0.05, 0) is 30.5 Å². The molecule has 0 aliphatic rings. The lowest BCUT2D eigenvalue weighted by atomic mass is 10.1. The zero-order valence-electron chi connectivity index (χ0n) is 12.5. The first-order valence-corrected chi connectivity index (χ1v) is 6.97. The summed E-state index contributed by atoms with van der Waals surface area (Å²) in [5.41, 5.74) is -0.463. The molecule has 0 saturated heterocycles. The van der Waals surface area contributed by atoms with E-state index in [9.17, 15) is 18.0 Å². The summed E-state index contributed by atoms with van der Waals surface area (Å²) in [6.07, 6.45) is 2.92. The van der Waals surface area contributed by atoms with Gasteiger partial charge in [0.25, 0.3) is 0 Å². The molecule has 2 aromatic rings. The number of benzene rings is 2. The molecule has 0 bridgehead atoms. The first-order chi connectivity index (χ1) is 11.5. The standard InChI is InChI=1S/C18H12F3NO2/c1-2-3-4-11-5-6-13(15(19)7-11)18(23)24-12-8-16(20)14(10-22)17(21)9-12/h2,5-9H,1,3-4H2. The van der Waals surface area contributed by atoms with Crippen molar-refractivity contribution in [1.82, 2.24) is 0 Å². The van der Waals surface area contributed by atoms with Gasteiger partial charge in [-0.3, -0.25) is 0 Å². The predicted octanol–water partition coefficient (Wildman–Crippen LogP) is 4.31. The van der Waals surface area contributed by atoms with E-state index in [0.717, 1.165) is 0 Å². The maximum Gasteiger partial charge on any atom is 0.346 e. The van der Waals surface area contributed by atoms with Gasteiger partial charge in [-0.2, -0.15) is 5.26 Å². The van der Waals surface area contributed by atoms with Gasteiger partial charge in [-0.25, -0.2) is 18.0 Å². The normalized spacial score (nSPS) is 10.1. The molecule has 0 heterocycles. The molecule has 6 heteroatoms. The zero-order valence-corrected chi connectivity index (χ0v) is 12.5. The maximum absolute atomic E-state index is 14.0. The molecule has 0 aliphatic carbocycles. The van der Waals surface area contributed by atoms with Crippen LogP contribution in [0.3, 0.4) is 0 Å². The van der Waals surface area contributed by atoms with E-state index < -0.39 is 34.7 Å². The van der Waals surface area contributed by atoms with Crippen molar-refractivity contribution in [1.29, 1.82) is 5.26 Å². The molecule has 2 rings (SSSR count). The van der Waals surface area contributed by atoms with Gasteiger partial charge < -0.3 is 4.74 Å². The Morgan fingerprint density at radius 1 is 1.17 bits per heavy atom. The third kappa shape index (κ3) is 3.82. The number of esters is 1. The molecule has 0 aromatic heterocycles. The summed E-state index contributed by atoms with van der Waals surface area (Å²) in [5.74, 6) is -4.67. The van der Waals surface area contributed by atoms with Gasteiger partial charge in [0.2, 0.25) is 0 Å². The molecule has 0 unspecified atom stereocenters. The Morgan fingerprint density at radius 3 is 2.38 bits per heavy atom. The highest BCUT2D eigenvalue weighted by molar-refractivity contribution is 5.91. The maximum atomic E-state index is 14.0. The van der Waals surface area contributed by atoms with Crippen LogP contribution < -0.4 is 4.74 Å². The van der Waals surface area contributed by atoms with Crippen LogP contribution in [0.4, 0.5) is 13.2 Å². The molecule has 24 heavy (non-hydrogen) atoms. The highest BCUT2D eigenvalue weighted by Gasteiger charge is 2.17. The van der Waals surface area contributed by atoms with E-state index >= 15 is 0 Å². The fourth-order valence-electron chi connectivity index (χ4n) is 2.03. The molecule has 0 saturated carbocycles. The van der Waals surface area contributed by atoms with Crippen molar-refractivity contribution < 1.29 is 22.7 Å². The molecule has 3 nitrogen and oxygen atoms in total. The van der Waals surface area contributed by atoms with Crippen molar-refractivity contribution in [2.45, 2.75) is 12.8 Å². The first kappa shape index (κ1) is 17.3. The van der Waals surface area contributed by atoms with Gasteiger partial charge in [-0.1, -0.05) is 12.1 Å². The summed E-state index contributed by atoms with van der Waals surface area (Å²) >= 11 is 0. The van der Waals surface area contributed by atoms with E-state index in [2.05, 4.69) is 6.58 Å². The Kier molecular flexibility index (Phi) is 5.38. The average molecular weight is 331 g/mol. The summed E-state index contributed by atoms with van der Waals surface area (Å²) < 4.78 is 45.7. The fraction of sp³-hybridized carbons (Fsp3) is 0.111. The van der Waals surface area contributed by atoms with Gasteiger partial charge in [0.05, 0.1) is 5.56 Å². The monoisotopic (exact) mass is 331 g/mol. The van der Waals surface area contributed by atoms with Crippen molar-refractivity contribution in [2.24, 2.45) is 0 Å². The van der Waals surface area contributed by atoms with Crippen LogP contribution >= 0.6 is 0 Å². The lowest BCUT2D eigenvalue weighted by Crippen LogP contribution is -2.11. The van der Waals surface area contributed by atoms with Crippen LogP contribution in [0.15, 0.2) is 43.0 Å². The van der Waals surface area contributed by atoms with Gasteiger partial charge in [0, 0.05) is 12.1 Å². The summed E-state index contributed by atoms with van der Waals surface area (Å²) in [6.45, 7) is 3.57. The van der Waals surface area contributed by atoms with Crippen molar-refractivity contribution in [3.8, 4) is 11.8 Å². The number of nitriles is 1. The predicted molar refractivity (Wildman–Crippen MR) is 80.9 cm³/mol. The van der Waals surface area contributed by atoms with E-state index in [1.165, 1.54) is 18.2 Å². The smallest absolute Gasteiger partial charge is 0.346 e. The highest BCUT2D eigenvalue weighted by Crippen LogP contribution is 2.22. The van der Waals surface area contributed by atoms with E-state index in [1.54, 1.807) is 12.1 Å². The SMILES string of the molecule is C=CCCc1ccc(C(=O)Oc2cc(F)c(C#N)c(F)c2)c(F)c1. The Morgan fingerprint density at radius 2 is 1.83 bits per heavy atom. The molecule has 0 radical (unpaired) electrons. The van der Waals surface area contributed by atoms with Crippen molar-refractivity contribution in [3.05, 3.63) is 77.1 Å². The lowest BCUT2D eigenvalue weighted by Gasteiger charge is -2.07. The summed E-state index contributed by atoms with van der Waals surface area (Å²) in [4.78, 5) is 11.9. The van der Waals surface area contributed by atoms with Gasteiger partial charge in [0.1, 0.15) is 34.8 Å². The Bertz CT molecular complexity index is 818. The topological polar surface area (TPSA) is 50.1 Å². The van der Waals surface area contributed by atoms with Gasteiger partial charge in [-0.15, -0.1) is 6.58 Å². The molecule has 122 valence electrons. The Balaban J connectivity index is 2.21. The van der Waals surface area contributed by atoms with Crippen LogP contribution in [0.1, 0.15) is 27.9 Å². The summed E-state index contributed by atoms with van der Waals surface area (Å²) in [6, 6.07) is 6.73. The van der Waals surface area contributed by atoms with Gasteiger partial charge >= 0.3 is 5.97 Å². The van der Waals surface area contributed by atoms with Crippen molar-refractivity contribution in [3.63, 3.8) is 0 Å². The minimum atomic E-state index is -1.17. The van der Waals surface area contributed by atoms with Crippen LogP contribution in [0, 0.1) is 28.8 Å². The quantitative estimate of drug-likeness (QED) is 0.466. The molecule has 0 spiro atoms. The molecule has 0 aliphatic heterocycles. The lowest BCUT2D eigenvalue weighted by molar-refractivity contribution is 0.0729. The average Bonchev–Trinajstić information content (AvgIpc) is 2.52. The molecule has 0 amide bonds. The van der Waals surface area contributed by atoms with Crippen LogP contribution in [-0.4, -0.2) is 5.97 Å². The van der Waals surface area contributed by atoms with Crippen molar-refractivity contribution in [2.75, 3.05) is 0 Å². The number of nitrogens with zero attached hydrogens (tertiary/aromatic N) is 1. The van der Waals surface area contributed by atoms with Crippen LogP contribution in [0.5, 0.6) is 5.75 Å². The second-order valence-corrected chi connectivity index (χ2v) is 4.90. The second-order valence-electron chi connectivity index (χ2n) is 4.90. The zero-order chi connectivity index (χ0) is 17.7. The molecular formula is C18H12F3NO2. The van der Waals surface area contributed by atoms with E-state index in [4.69, 9.17) is 10.00 Å². The summed E-state index contributed by atoms with van der Waals surface area (Å²) in [7, 11) is 0. The number of ether oxygens (including phenoxy) is 1. The fourth-order valence-corrected chi connectivity index (χ4v) is 2.03. The van der Waals surface area contributed by atoms with Crippen LogP contribution in [0.2, 0.25) is 0 Å². The summed E-state index contributed by atoms with van der Waals surface area (Å²) in [5, 5.41) is 8.58. The second kappa shape index (κ2) is 7.47. The minimum Gasteiger partial charge on any atom is -0.423 e. The first-order valence-electron chi connectivity index (χ1n) is 6.97. The molecule has 0 N–H and O–H groups in total. The number of halogens is 3. The number of carbonyl (C=O) groups excluding carboxylic acids is 1. The number of rotatable bonds is 5. The van der Waals surface area contributed by atoms with E-state index in [1.807, 2.05) is 0 Å². The highest BCUT2D eigenvalue weighted by atomic mass is 19.1. The van der Waals surface area contributed by atoms with Crippen LogP contribution in [-0.2, 0) is 6.42 Å². The Hall–Kier alpha value is -3.07. The number of allylic oxidation sites excluding steroid dienone is 1. The largest absolute Gasteiger partial charge is 0.423 e. The number of hydrogen-bond acceptors (Lipinski definition) is 3. The third-order valence-corrected chi connectivity index (χ3v) is 3.23. The molecule has 0 fully saturated rings. The van der Waals surface area contributed by atoms with Crippen LogP contribution in [0.25, 0.3) is 0 Å². The van der Waals surface area contributed by atoms with E-state index in [0.29, 0.717) is 30.5 Å². The molecule has 2 aromatic carbocycles. The minimum absolute atomic E-state index is 0.359. The molecular weight excluding hydrogens is 319 g/mol. The third-order valence-electron chi connectivity index (χ3n) is 3.23. The molecule has 0 atom stereocenters. The van der Waals surface area contributed by atoms with Gasteiger partial charge in [0.15, 0.2) is 0 Å². The number of hydrogen-bond donors (Lipinski definition) is 0. The number of carbonyl (C=O) groups is 1. The number of aryl methyl sites for hydroxylation is 1. The van der Waals surface area contributed by atoms with Crippen molar-refractivity contribution >= 4 is 5.97 Å².